The van der Waals surface area contributed by atoms with Gasteiger partial charge in [0.1, 0.15) is 5.75 Å². The van der Waals surface area contributed by atoms with Crippen molar-refractivity contribution in [1.29, 1.82) is 0 Å². The molecule has 0 aromatic heterocycles. The van der Waals surface area contributed by atoms with Gasteiger partial charge in [-0.05, 0) is 17.7 Å². The maximum Gasteiger partial charge on any atom is 0.238 e. The number of hydrogen-bond acceptors (Lipinski definition) is 3. The molecule has 0 saturated carbocycles. The van der Waals surface area contributed by atoms with E-state index in [9.17, 15) is 4.79 Å². The average molecular weight is 206 g/mol. The lowest BCUT2D eigenvalue weighted by Gasteiger charge is -2.13. The molecule has 1 N–H and O–H groups in total. The van der Waals surface area contributed by atoms with Crippen LogP contribution in [0, 0.1) is 0 Å². The van der Waals surface area contributed by atoms with E-state index in [-0.39, 0.29) is 11.9 Å². The number of nitrogens with one attached hydrogen (secondary N) is 1. The summed E-state index contributed by atoms with van der Waals surface area (Å²) in [5.74, 6) is 0.951. The average Bonchev–Trinajstić information content (AvgIpc) is 2.59. The predicted molar refractivity (Wildman–Crippen MR) is 56.3 cm³/mol. The predicted octanol–water partition coefficient (Wildman–Crippen LogP) is 1.10. The van der Waals surface area contributed by atoms with Crippen LogP contribution in [0.3, 0.4) is 0 Å². The highest BCUT2D eigenvalue weighted by Crippen LogP contribution is 2.24. The van der Waals surface area contributed by atoms with Gasteiger partial charge in [0, 0.05) is 13.5 Å². The minimum atomic E-state index is 0.0911. The van der Waals surface area contributed by atoms with Crippen LogP contribution >= 0.6 is 0 Å². The Hall–Kier alpha value is -1.55. The Morgan fingerprint density at radius 2 is 2.07 bits per heavy atom. The second-order valence-corrected chi connectivity index (χ2v) is 3.61. The summed E-state index contributed by atoms with van der Waals surface area (Å²) in [4.78, 5) is 11.3. The quantitative estimate of drug-likeness (QED) is 0.788. The molecule has 1 heterocycles. The topological polar surface area (TPSA) is 41.6 Å². The number of ether oxygens (including phenoxy) is 1. The van der Waals surface area contributed by atoms with Crippen LogP contribution in [0.4, 0.5) is 0 Å². The molecule has 0 aliphatic carbocycles. The van der Waals surface area contributed by atoms with Gasteiger partial charge < -0.3 is 4.74 Å². The van der Waals surface area contributed by atoms with Crippen molar-refractivity contribution in [1.82, 2.24) is 10.4 Å². The zero-order chi connectivity index (χ0) is 10.8. The highest BCUT2D eigenvalue weighted by molar-refractivity contribution is 5.78. The fourth-order valence-corrected chi connectivity index (χ4v) is 1.69. The summed E-state index contributed by atoms with van der Waals surface area (Å²) in [5.41, 5.74) is 4.21. The van der Waals surface area contributed by atoms with Crippen molar-refractivity contribution in [3.8, 4) is 5.75 Å². The summed E-state index contributed by atoms with van der Waals surface area (Å²) in [5, 5.41) is 1.54. The van der Waals surface area contributed by atoms with Crippen molar-refractivity contribution in [3.05, 3.63) is 29.8 Å². The van der Waals surface area contributed by atoms with Gasteiger partial charge in [0.15, 0.2) is 0 Å². The van der Waals surface area contributed by atoms with Gasteiger partial charge in [0.2, 0.25) is 5.91 Å². The van der Waals surface area contributed by atoms with Crippen LogP contribution in [0.25, 0.3) is 0 Å². The Balaban J connectivity index is 2.13. The Bertz CT molecular complexity index is 361. The van der Waals surface area contributed by atoms with Crippen LogP contribution in [0.1, 0.15) is 18.0 Å². The summed E-state index contributed by atoms with van der Waals surface area (Å²) in [6, 6.07) is 7.85. The molecule has 1 aromatic rings. The van der Waals surface area contributed by atoms with E-state index in [2.05, 4.69) is 5.43 Å². The first-order valence-electron chi connectivity index (χ1n) is 4.87. The molecular weight excluding hydrogens is 192 g/mol. The molecule has 2 rings (SSSR count). The summed E-state index contributed by atoms with van der Waals surface area (Å²) >= 11 is 0. The zero-order valence-corrected chi connectivity index (χ0v) is 8.86. The fourth-order valence-electron chi connectivity index (χ4n) is 1.69. The molecule has 1 unspecified atom stereocenters. The summed E-state index contributed by atoms with van der Waals surface area (Å²) in [6.07, 6.45) is 0.517. The third-order valence-electron chi connectivity index (χ3n) is 2.62. The number of carbonyl (C=O) groups is 1. The molecule has 1 atom stereocenters. The normalized spacial score (nSPS) is 20.8. The maximum atomic E-state index is 11.3. The van der Waals surface area contributed by atoms with E-state index in [1.807, 2.05) is 24.3 Å². The SMILES string of the molecule is COc1ccc(C2CC(=O)N(C)N2)cc1. The van der Waals surface area contributed by atoms with Crippen LogP contribution in [-0.4, -0.2) is 25.1 Å². The largest absolute Gasteiger partial charge is 0.497 e. The summed E-state index contributed by atoms with van der Waals surface area (Å²) < 4.78 is 5.08. The molecule has 15 heavy (non-hydrogen) atoms. The highest BCUT2D eigenvalue weighted by atomic mass is 16.5. The van der Waals surface area contributed by atoms with Crippen molar-refractivity contribution >= 4 is 5.91 Å². The van der Waals surface area contributed by atoms with Crippen LogP contribution in [0.15, 0.2) is 24.3 Å². The van der Waals surface area contributed by atoms with Crippen molar-refractivity contribution < 1.29 is 9.53 Å². The van der Waals surface area contributed by atoms with E-state index in [0.717, 1.165) is 11.3 Å². The van der Waals surface area contributed by atoms with Gasteiger partial charge >= 0.3 is 0 Å². The molecule has 0 bridgehead atoms. The fraction of sp³-hybridized carbons (Fsp3) is 0.364. The minimum Gasteiger partial charge on any atom is -0.497 e. The Labute approximate surface area is 88.8 Å². The van der Waals surface area contributed by atoms with Crippen LogP contribution in [0.2, 0.25) is 0 Å². The van der Waals surface area contributed by atoms with Gasteiger partial charge in [-0.1, -0.05) is 12.1 Å². The van der Waals surface area contributed by atoms with E-state index >= 15 is 0 Å². The lowest BCUT2D eigenvalue weighted by atomic mass is 10.1. The molecule has 1 saturated heterocycles. The molecule has 0 spiro atoms. The standard InChI is InChI=1S/C11H14N2O2/c1-13-11(14)7-10(12-13)8-3-5-9(15-2)6-4-8/h3-6,10,12H,7H2,1-2H3. The second-order valence-electron chi connectivity index (χ2n) is 3.61. The molecule has 80 valence electrons. The maximum absolute atomic E-state index is 11.3. The van der Waals surface area contributed by atoms with Gasteiger partial charge in [-0.15, -0.1) is 0 Å². The summed E-state index contributed by atoms with van der Waals surface area (Å²) in [7, 11) is 3.38. The van der Waals surface area contributed by atoms with Crippen molar-refractivity contribution in [2.45, 2.75) is 12.5 Å². The monoisotopic (exact) mass is 206 g/mol. The van der Waals surface area contributed by atoms with E-state index in [4.69, 9.17) is 4.74 Å². The molecule has 0 radical (unpaired) electrons. The Morgan fingerprint density at radius 3 is 2.53 bits per heavy atom. The molecule has 4 nitrogen and oxygen atoms in total. The van der Waals surface area contributed by atoms with Gasteiger partial charge in [0.05, 0.1) is 13.2 Å². The number of amides is 1. The van der Waals surface area contributed by atoms with E-state index < -0.39 is 0 Å². The number of benzene rings is 1. The van der Waals surface area contributed by atoms with Gasteiger partial charge in [-0.2, -0.15) is 0 Å². The number of nitrogens with zero attached hydrogens (tertiary/aromatic N) is 1. The highest BCUT2D eigenvalue weighted by Gasteiger charge is 2.27. The number of hydrazine groups is 1. The van der Waals surface area contributed by atoms with Gasteiger partial charge in [-0.25, -0.2) is 5.43 Å². The molecule has 1 aliphatic rings. The Morgan fingerprint density at radius 1 is 1.40 bits per heavy atom. The van der Waals surface area contributed by atoms with Crippen molar-refractivity contribution in [2.24, 2.45) is 0 Å². The van der Waals surface area contributed by atoms with Crippen LogP contribution in [-0.2, 0) is 4.79 Å². The lowest BCUT2D eigenvalue weighted by molar-refractivity contribution is -0.128. The smallest absolute Gasteiger partial charge is 0.238 e. The van der Waals surface area contributed by atoms with E-state index in [1.54, 1.807) is 14.2 Å². The lowest BCUT2D eigenvalue weighted by Crippen LogP contribution is -2.30. The van der Waals surface area contributed by atoms with Gasteiger partial charge in [-0.3, -0.25) is 9.80 Å². The molecule has 1 aromatic carbocycles. The number of methoxy groups -OCH3 is 1. The molecule has 1 fully saturated rings. The molecule has 1 aliphatic heterocycles. The van der Waals surface area contributed by atoms with Crippen LogP contribution in [0.5, 0.6) is 5.75 Å². The third-order valence-corrected chi connectivity index (χ3v) is 2.62. The first-order valence-corrected chi connectivity index (χ1v) is 4.87. The number of carbonyl (C=O) groups excluding carboxylic acids is 1. The summed E-state index contributed by atoms with van der Waals surface area (Å²) in [6.45, 7) is 0. The molecule has 1 amide bonds. The van der Waals surface area contributed by atoms with E-state index in [1.165, 1.54) is 5.01 Å². The zero-order valence-electron chi connectivity index (χ0n) is 8.86. The third kappa shape index (κ3) is 1.94. The molecular formula is C11H14N2O2. The Kier molecular flexibility index (Phi) is 2.60. The number of rotatable bonds is 2. The van der Waals surface area contributed by atoms with E-state index in [0.29, 0.717) is 6.42 Å². The number of hydrogen-bond donors (Lipinski definition) is 1. The van der Waals surface area contributed by atoms with Gasteiger partial charge in [0.25, 0.3) is 0 Å². The first-order chi connectivity index (χ1) is 7.20. The van der Waals surface area contributed by atoms with Crippen LogP contribution < -0.4 is 10.2 Å². The first kappa shape index (κ1) is 9.98. The minimum absolute atomic E-state index is 0.0911. The second kappa shape index (κ2) is 3.90. The molecule has 4 heteroatoms. The van der Waals surface area contributed by atoms with Crippen molar-refractivity contribution in [3.63, 3.8) is 0 Å². The van der Waals surface area contributed by atoms with Crippen molar-refractivity contribution in [2.75, 3.05) is 14.2 Å².